The predicted octanol–water partition coefficient (Wildman–Crippen LogP) is 4.28. The first kappa shape index (κ1) is 15.8. The number of nitro benzene ring substituents is 1. The van der Waals surface area contributed by atoms with Crippen molar-refractivity contribution in [3.63, 3.8) is 0 Å². The van der Waals surface area contributed by atoms with Crippen molar-refractivity contribution >= 4 is 28.1 Å². The van der Waals surface area contributed by atoms with E-state index in [0.717, 1.165) is 16.1 Å². The molecule has 1 aromatic heterocycles. The average Bonchev–Trinajstić information content (AvgIpc) is 2.96. The van der Waals surface area contributed by atoms with E-state index in [-0.39, 0.29) is 11.3 Å². The van der Waals surface area contributed by atoms with Gasteiger partial charge in [-0.05, 0) is 18.6 Å². The second-order valence-corrected chi connectivity index (χ2v) is 6.03. The van der Waals surface area contributed by atoms with Crippen LogP contribution in [-0.4, -0.2) is 15.8 Å². The lowest BCUT2D eigenvalue weighted by Gasteiger charge is -2.02. The van der Waals surface area contributed by atoms with E-state index in [4.69, 9.17) is 0 Å². The number of anilines is 1. The number of carbonyl (C=O) groups is 1. The van der Waals surface area contributed by atoms with E-state index in [1.165, 1.54) is 29.5 Å². The monoisotopic (exact) mass is 339 g/mol. The highest BCUT2D eigenvalue weighted by atomic mass is 32.1. The number of amides is 1. The van der Waals surface area contributed by atoms with Crippen LogP contribution in [0.25, 0.3) is 10.4 Å². The van der Waals surface area contributed by atoms with Gasteiger partial charge in [0.1, 0.15) is 5.56 Å². The first-order chi connectivity index (χ1) is 11.6. The molecule has 0 saturated carbocycles. The van der Waals surface area contributed by atoms with Gasteiger partial charge in [-0.1, -0.05) is 53.8 Å². The molecule has 120 valence electrons. The van der Waals surface area contributed by atoms with Crippen LogP contribution in [0.15, 0.2) is 54.6 Å². The highest BCUT2D eigenvalue weighted by molar-refractivity contribution is 7.19. The number of hydrogen-bond acceptors (Lipinski definition) is 5. The highest BCUT2D eigenvalue weighted by Crippen LogP contribution is 2.33. The van der Waals surface area contributed by atoms with Crippen molar-refractivity contribution in [3.8, 4) is 10.4 Å². The van der Waals surface area contributed by atoms with Gasteiger partial charge in [-0.3, -0.25) is 20.2 Å². The second-order valence-electron chi connectivity index (χ2n) is 5.03. The first-order valence-electron chi connectivity index (χ1n) is 7.14. The maximum Gasteiger partial charge on any atom is 0.282 e. The summed E-state index contributed by atoms with van der Waals surface area (Å²) in [7, 11) is 0. The van der Waals surface area contributed by atoms with Gasteiger partial charge >= 0.3 is 0 Å². The number of nitrogens with one attached hydrogen (secondary N) is 1. The quantitative estimate of drug-likeness (QED) is 0.568. The molecule has 24 heavy (non-hydrogen) atoms. The third-order valence-electron chi connectivity index (χ3n) is 3.40. The summed E-state index contributed by atoms with van der Waals surface area (Å²) in [5.41, 5.74) is 1.59. The molecule has 1 N–H and O–H groups in total. The smallest absolute Gasteiger partial charge is 0.282 e. The van der Waals surface area contributed by atoms with Crippen LogP contribution in [0.2, 0.25) is 0 Å². The third kappa shape index (κ3) is 3.16. The van der Waals surface area contributed by atoms with Crippen LogP contribution < -0.4 is 5.32 Å². The highest BCUT2D eigenvalue weighted by Gasteiger charge is 2.20. The zero-order valence-corrected chi connectivity index (χ0v) is 13.5. The zero-order chi connectivity index (χ0) is 17.1. The Balaban J connectivity index is 1.88. The van der Waals surface area contributed by atoms with Crippen molar-refractivity contribution in [2.24, 2.45) is 0 Å². The summed E-state index contributed by atoms with van der Waals surface area (Å²) in [6.45, 7) is 1.86. The fourth-order valence-electron chi connectivity index (χ4n) is 2.30. The molecule has 0 aliphatic rings. The van der Waals surface area contributed by atoms with Gasteiger partial charge in [0.15, 0.2) is 5.13 Å². The molecule has 0 atom stereocenters. The normalized spacial score (nSPS) is 10.4. The van der Waals surface area contributed by atoms with E-state index in [2.05, 4.69) is 10.3 Å². The Kier molecular flexibility index (Phi) is 4.35. The molecule has 0 radical (unpaired) electrons. The first-order valence-corrected chi connectivity index (χ1v) is 7.95. The Morgan fingerprint density at radius 3 is 2.50 bits per heavy atom. The summed E-state index contributed by atoms with van der Waals surface area (Å²) in [5.74, 6) is -0.546. The summed E-state index contributed by atoms with van der Waals surface area (Å²) >= 11 is 1.34. The fourth-order valence-corrected chi connectivity index (χ4v) is 3.26. The maximum absolute atomic E-state index is 12.3. The van der Waals surface area contributed by atoms with Crippen LogP contribution in [0, 0.1) is 17.0 Å². The van der Waals surface area contributed by atoms with E-state index in [0.29, 0.717) is 5.13 Å². The SMILES string of the molecule is Cc1nc(NC(=O)c2ccccc2[N+](=O)[O-])sc1-c1ccccc1. The lowest BCUT2D eigenvalue weighted by Crippen LogP contribution is -2.13. The van der Waals surface area contributed by atoms with Crippen molar-refractivity contribution in [1.29, 1.82) is 0 Å². The molecule has 7 heteroatoms. The maximum atomic E-state index is 12.3. The van der Waals surface area contributed by atoms with Crippen molar-refractivity contribution in [2.45, 2.75) is 6.92 Å². The van der Waals surface area contributed by atoms with Crippen molar-refractivity contribution < 1.29 is 9.72 Å². The number of aryl methyl sites for hydroxylation is 1. The minimum absolute atomic E-state index is 0.0108. The number of aromatic nitrogens is 1. The van der Waals surface area contributed by atoms with Gasteiger partial charge in [-0.25, -0.2) is 4.98 Å². The van der Waals surface area contributed by atoms with Crippen LogP contribution in [-0.2, 0) is 0 Å². The molecule has 0 spiro atoms. The Hall–Kier alpha value is -3.06. The van der Waals surface area contributed by atoms with E-state index in [9.17, 15) is 14.9 Å². The van der Waals surface area contributed by atoms with Gasteiger partial charge in [0, 0.05) is 6.07 Å². The van der Waals surface area contributed by atoms with Crippen LogP contribution in [0.1, 0.15) is 16.1 Å². The number of para-hydroxylation sites is 1. The number of carbonyl (C=O) groups excluding carboxylic acids is 1. The number of benzene rings is 2. The number of nitro groups is 1. The molecule has 0 aliphatic carbocycles. The Morgan fingerprint density at radius 2 is 1.79 bits per heavy atom. The lowest BCUT2D eigenvalue weighted by molar-refractivity contribution is -0.385. The molecular weight excluding hydrogens is 326 g/mol. The zero-order valence-electron chi connectivity index (χ0n) is 12.7. The second kappa shape index (κ2) is 6.59. The van der Waals surface area contributed by atoms with Gasteiger partial charge < -0.3 is 0 Å². The van der Waals surface area contributed by atoms with Crippen LogP contribution in [0.5, 0.6) is 0 Å². The summed E-state index contributed by atoms with van der Waals surface area (Å²) in [6.07, 6.45) is 0. The molecule has 3 aromatic rings. The van der Waals surface area contributed by atoms with Gasteiger partial charge in [0.2, 0.25) is 0 Å². The van der Waals surface area contributed by atoms with Crippen LogP contribution in [0.4, 0.5) is 10.8 Å². The van der Waals surface area contributed by atoms with Gasteiger partial charge in [0.05, 0.1) is 15.5 Å². The van der Waals surface area contributed by atoms with Crippen molar-refractivity contribution in [1.82, 2.24) is 4.98 Å². The average molecular weight is 339 g/mol. The summed E-state index contributed by atoms with van der Waals surface area (Å²) < 4.78 is 0. The van der Waals surface area contributed by atoms with Crippen LogP contribution >= 0.6 is 11.3 Å². The Labute approximate surface area is 141 Å². The molecule has 0 aliphatic heterocycles. The van der Waals surface area contributed by atoms with E-state index in [1.807, 2.05) is 37.3 Å². The summed E-state index contributed by atoms with van der Waals surface area (Å²) in [6, 6.07) is 15.6. The molecule has 0 fully saturated rings. The number of nitrogens with zero attached hydrogens (tertiary/aromatic N) is 2. The minimum atomic E-state index is -0.572. The van der Waals surface area contributed by atoms with Crippen molar-refractivity contribution in [3.05, 3.63) is 76.0 Å². The fraction of sp³-hybridized carbons (Fsp3) is 0.0588. The predicted molar refractivity (Wildman–Crippen MR) is 93.3 cm³/mol. The minimum Gasteiger partial charge on any atom is -0.298 e. The molecule has 1 heterocycles. The number of thiazole rings is 1. The topological polar surface area (TPSA) is 85.1 Å². The molecule has 0 bridgehead atoms. The number of hydrogen-bond donors (Lipinski definition) is 1. The van der Waals surface area contributed by atoms with Gasteiger partial charge in [0.25, 0.3) is 11.6 Å². The van der Waals surface area contributed by atoms with E-state index in [1.54, 1.807) is 6.07 Å². The lowest BCUT2D eigenvalue weighted by atomic mass is 10.1. The molecular formula is C17H13N3O3S. The molecule has 0 saturated heterocycles. The Morgan fingerprint density at radius 1 is 1.12 bits per heavy atom. The standard InChI is InChI=1S/C17H13N3O3S/c1-11-15(12-7-3-2-4-8-12)24-17(18-11)19-16(21)13-9-5-6-10-14(13)20(22)23/h2-10H,1H3,(H,18,19,21). The largest absolute Gasteiger partial charge is 0.298 e. The van der Waals surface area contributed by atoms with E-state index < -0.39 is 10.8 Å². The van der Waals surface area contributed by atoms with Gasteiger partial charge in [-0.2, -0.15) is 0 Å². The molecule has 3 rings (SSSR count). The summed E-state index contributed by atoms with van der Waals surface area (Å²) in [5, 5.41) is 14.1. The third-order valence-corrected chi connectivity index (χ3v) is 4.52. The molecule has 0 unspecified atom stereocenters. The Bertz CT molecular complexity index is 906. The molecule has 1 amide bonds. The van der Waals surface area contributed by atoms with Crippen LogP contribution in [0.3, 0.4) is 0 Å². The number of rotatable bonds is 4. The van der Waals surface area contributed by atoms with Crippen molar-refractivity contribution in [2.75, 3.05) is 5.32 Å². The molecule has 6 nitrogen and oxygen atoms in total. The molecule has 2 aromatic carbocycles. The summed E-state index contributed by atoms with van der Waals surface area (Å²) in [4.78, 5) is 28.1. The van der Waals surface area contributed by atoms with E-state index >= 15 is 0 Å². The van der Waals surface area contributed by atoms with Gasteiger partial charge in [-0.15, -0.1) is 0 Å².